The van der Waals surface area contributed by atoms with Crippen molar-refractivity contribution in [3.63, 3.8) is 0 Å². The third-order valence-corrected chi connectivity index (χ3v) is 5.16. The molecule has 0 saturated carbocycles. The SMILES string of the molecule is O=S(=O)(O)c1cccc2[te]ccc12. The van der Waals surface area contributed by atoms with E-state index in [4.69, 9.17) is 4.55 Å². The van der Waals surface area contributed by atoms with Crippen molar-refractivity contribution in [2.75, 3.05) is 0 Å². The van der Waals surface area contributed by atoms with Gasteiger partial charge in [-0.2, -0.15) is 0 Å². The summed E-state index contributed by atoms with van der Waals surface area (Å²) in [6.07, 6.45) is 0. The van der Waals surface area contributed by atoms with Crippen molar-refractivity contribution in [3.8, 4) is 0 Å². The van der Waals surface area contributed by atoms with Gasteiger partial charge in [0.1, 0.15) is 0 Å². The summed E-state index contributed by atoms with van der Waals surface area (Å²) in [5, 5.41) is 0.674. The zero-order chi connectivity index (χ0) is 9.47. The number of rotatable bonds is 1. The molecule has 0 bridgehead atoms. The van der Waals surface area contributed by atoms with Gasteiger partial charge in [-0.3, -0.25) is 0 Å². The Morgan fingerprint density at radius 3 is 2.69 bits per heavy atom. The molecule has 0 radical (unpaired) electrons. The van der Waals surface area contributed by atoms with Gasteiger partial charge in [0, 0.05) is 0 Å². The monoisotopic (exact) mass is 312 g/mol. The van der Waals surface area contributed by atoms with Gasteiger partial charge in [-0.1, -0.05) is 0 Å². The first-order chi connectivity index (χ1) is 6.09. The van der Waals surface area contributed by atoms with Gasteiger partial charge in [-0.15, -0.1) is 0 Å². The standard InChI is InChI=1S/C8H6O3STe/c9-12(10,11)7-2-1-3-8-6(7)4-5-13-8/h1-5H,(H,9,10,11). The zero-order valence-electron chi connectivity index (χ0n) is 6.47. The van der Waals surface area contributed by atoms with Crippen LogP contribution in [0.15, 0.2) is 33.2 Å². The van der Waals surface area contributed by atoms with Gasteiger partial charge in [-0.25, -0.2) is 0 Å². The van der Waals surface area contributed by atoms with Gasteiger partial charge in [0.15, 0.2) is 0 Å². The Balaban J connectivity index is 2.91. The van der Waals surface area contributed by atoms with Gasteiger partial charge in [0.05, 0.1) is 0 Å². The Morgan fingerprint density at radius 1 is 1.23 bits per heavy atom. The summed E-state index contributed by atoms with van der Waals surface area (Å²) in [4.78, 5) is 0.0313. The van der Waals surface area contributed by atoms with E-state index >= 15 is 0 Å². The predicted octanol–water partition coefficient (Wildman–Crippen LogP) is 1.14. The molecule has 1 N–H and O–H groups in total. The number of hydrogen-bond donors (Lipinski definition) is 1. The summed E-state index contributed by atoms with van der Waals surface area (Å²) >= 11 is -0.368. The topological polar surface area (TPSA) is 54.4 Å². The van der Waals surface area contributed by atoms with E-state index in [1.165, 1.54) is 6.07 Å². The Labute approximate surface area is 85.4 Å². The molecule has 0 unspecified atom stereocenters. The van der Waals surface area contributed by atoms with E-state index in [9.17, 15) is 8.42 Å². The van der Waals surface area contributed by atoms with Crippen LogP contribution in [-0.4, -0.2) is 33.4 Å². The Hall–Kier alpha value is -0.340. The summed E-state index contributed by atoms with van der Waals surface area (Å²) in [6.45, 7) is 0. The summed E-state index contributed by atoms with van der Waals surface area (Å²) in [5.41, 5.74) is 0. The minimum atomic E-state index is -4.06. The van der Waals surface area contributed by atoms with Crippen LogP contribution in [0.25, 0.3) is 8.79 Å². The molecule has 0 aliphatic rings. The van der Waals surface area contributed by atoms with Crippen LogP contribution >= 0.6 is 0 Å². The third-order valence-electron chi connectivity index (χ3n) is 1.73. The minimum absolute atomic E-state index is 0.0313. The molecule has 2 rings (SSSR count). The second-order valence-corrected chi connectivity index (χ2v) is 6.66. The number of hydrogen-bond acceptors (Lipinski definition) is 2. The fourth-order valence-electron chi connectivity index (χ4n) is 1.19. The molecule has 1 aromatic heterocycles. The fourth-order valence-corrected chi connectivity index (χ4v) is 4.42. The molecule has 1 aromatic carbocycles. The van der Waals surface area contributed by atoms with Crippen LogP contribution < -0.4 is 0 Å². The molecule has 1 heterocycles. The van der Waals surface area contributed by atoms with Crippen LogP contribution in [0.5, 0.6) is 0 Å². The first-order valence-corrected chi connectivity index (χ1v) is 7.48. The van der Waals surface area contributed by atoms with E-state index in [-0.39, 0.29) is 25.3 Å². The quantitative estimate of drug-likeness (QED) is 0.635. The normalized spacial score (nSPS) is 12.1. The maximum atomic E-state index is 10.9. The molecule has 0 aliphatic carbocycles. The Kier molecular flexibility index (Phi) is 2.20. The Morgan fingerprint density at radius 2 is 2.00 bits per heavy atom. The van der Waals surface area contributed by atoms with Gasteiger partial charge < -0.3 is 0 Å². The van der Waals surface area contributed by atoms with Crippen LogP contribution in [-0.2, 0) is 10.1 Å². The van der Waals surface area contributed by atoms with E-state index in [0.717, 1.165) is 3.40 Å². The summed E-state index contributed by atoms with van der Waals surface area (Å²) in [5.74, 6) is 0. The van der Waals surface area contributed by atoms with E-state index in [1.807, 2.05) is 10.1 Å². The molecular formula is C8H6O3STe. The molecule has 68 valence electrons. The zero-order valence-corrected chi connectivity index (χ0v) is 9.61. The van der Waals surface area contributed by atoms with Crippen molar-refractivity contribution in [2.24, 2.45) is 0 Å². The summed E-state index contributed by atoms with van der Waals surface area (Å²) in [7, 11) is -4.06. The predicted molar refractivity (Wildman–Crippen MR) is 50.7 cm³/mol. The molecule has 0 amide bonds. The first kappa shape index (κ1) is 9.22. The summed E-state index contributed by atoms with van der Waals surface area (Å²) in [6, 6.07) is 6.78. The second-order valence-electron chi connectivity index (χ2n) is 2.56. The average molecular weight is 310 g/mol. The van der Waals surface area contributed by atoms with Crippen molar-refractivity contribution in [3.05, 3.63) is 28.3 Å². The number of benzene rings is 1. The van der Waals surface area contributed by atoms with Crippen LogP contribution in [0.1, 0.15) is 0 Å². The maximum absolute atomic E-state index is 10.9. The molecule has 3 nitrogen and oxygen atoms in total. The van der Waals surface area contributed by atoms with Crippen LogP contribution in [0.2, 0.25) is 0 Å². The molecule has 2 aromatic rings. The van der Waals surface area contributed by atoms with Crippen molar-refractivity contribution in [2.45, 2.75) is 4.90 Å². The third kappa shape index (κ3) is 1.65. The van der Waals surface area contributed by atoms with Crippen LogP contribution in [0.4, 0.5) is 0 Å². The van der Waals surface area contributed by atoms with Gasteiger partial charge in [-0.05, 0) is 0 Å². The molecule has 5 heteroatoms. The van der Waals surface area contributed by atoms with Crippen molar-refractivity contribution < 1.29 is 13.0 Å². The van der Waals surface area contributed by atoms with Gasteiger partial charge >= 0.3 is 85.6 Å². The van der Waals surface area contributed by atoms with Crippen LogP contribution in [0.3, 0.4) is 0 Å². The van der Waals surface area contributed by atoms with Crippen molar-refractivity contribution >= 4 is 39.3 Å². The van der Waals surface area contributed by atoms with E-state index in [0.29, 0.717) is 5.39 Å². The Bertz CT molecular complexity index is 541. The van der Waals surface area contributed by atoms with Gasteiger partial charge in [0.25, 0.3) is 0 Å². The van der Waals surface area contributed by atoms with Crippen molar-refractivity contribution in [1.82, 2.24) is 0 Å². The van der Waals surface area contributed by atoms with E-state index in [2.05, 4.69) is 0 Å². The van der Waals surface area contributed by atoms with E-state index in [1.54, 1.807) is 12.1 Å². The molecule has 0 fully saturated rings. The molecule has 0 saturated heterocycles. The summed E-state index contributed by atoms with van der Waals surface area (Å²) < 4.78 is 33.8. The second kappa shape index (κ2) is 3.10. The van der Waals surface area contributed by atoms with Crippen LogP contribution in [0, 0.1) is 0 Å². The first-order valence-electron chi connectivity index (χ1n) is 3.53. The molecular weight excluding hydrogens is 304 g/mol. The number of fused-ring (bicyclic) bond motifs is 1. The molecule has 13 heavy (non-hydrogen) atoms. The average Bonchev–Trinajstić information content (AvgIpc) is 2.48. The van der Waals surface area contributed by atoms with Crippen molar-refractivity contribution in [1.29, 1.82) is 0 Å². The van der Waals surface area contributed by atoms with E-state index < -0.39 is 10.1 Å². The fraction of sp³-hybridized carbons (Fsp3) is 0. The van der Waals surface area contributed by atoms with Gasteiger partial charge in [0.2, 0.25) is 0 Å². The molecule has 0 spiro atoms. The molecule has 0 aliphatic heterocycles. The molecule has 0 atom stereocenters.